The maximum atomic E-state index is 3.55. The Morgan fingerprint density at radius 2 is 2.00 bits per heavy atom. The molecule has 82 valence electrons. The van der Waals surface area contributed by atoms with Crippen LogP contribution in [0.4, 0.5) is 0 Å². The van der Waals surface area contributed by atoms with Crippen LogP contribution in [0.5, 0.6) is 0 Å². The van der Waals surface area contributed by atoms with Crippen LogP contribution in [0.1, 0.15) is 46.0 Å². The standard InChI is InChI=1S/C13H25N/c1-3-10(2)6-11-4-5-12-8-14-9-13(12)7-11/h10-14H,3-9H2,1-2H3. The van der Waals surface area contributed by atoms with Crippen molar-refractivity contribution in [1.82, 2.24) is 5.32 Å². The molecule has 1 aliphatic heterocycles. The molecule has 1 nitrogen and oxygen atoms in total. The van der Waals surface area contributed by atoms with Crippen molar-refractivity contribution in [3.05, 3.63) is 0 Å². The zero-order valence-electron chi connectivity index (χ0n) is 9.76. The molecule has 0 amide bonds. The second-order valence-electron chi connectivity index (χ2n) is 5.61. The largest absolute Gasteiger partial charge is 0.316 e. The van der Waals surface area contributed by atoms with Crippen LogP contribution in [0.3, 0.4) is 0 Å². The monoisotopic (exact) mass is 195 g/mol. The Morgan fingerprint density at radius 3 is 2.79 bits per heavy atom. The van der Waals surface area contributed by atoms with Gasteiger partial charge in [-0.3, -0.25) is 0 Å². The number of hydrogen-bond donors (Lipinski definition) is 1. The van der Waals surface area contributed by atoms with E-state index >= 15 is 0 Å². The molecular formula is C13H25N. The zero-order chi connectivity index (χ0) is 9.97. The highest BCUT2D eigenvalue weighted by molar-refractivity contribution is 4.87. The van der Waals surface area contributed by atoms with Crippen LogP contribution in [0.15, 0.2) is 0 Å². The summed E-state index contributed by atoms with van der Waals surface area (Å²) in [6, 6.07) is 0. The molecule has 0 aromatic rings. The van der Waals surface area contributed by atoms with Crippen molar-refractivity contribution >= 4 is 0 Å². The van der Waals surface area contributed by atoms with Crippen LogP contribution in [0, 0.1) is 23.7 Å². The molecule has 4 atom stereocenters. The lowest BCUT2D eigenvalue weighted by Gasteiger charge is -2.32. The normalized spacial score (nSPS) is 39.4. The molecule has 0 radical (unpaired) electrons. The molecule has 1 aliphatic carbocycles. The summed E-state index contributed by atoms with van der Waals surface area (Å²) in [4.78, 5) is 0. The smallest absolute Gasteiger partial charge is 0.00172 e. The highest BCUT2D eigenvalue weighted by Gasteiger charge is 2.33. The third-order valence-electron chi connectivity index (χ3n) is 4.49. The van der Waals surface area contributed by atoms with Crippen molar-refractivity contribution in [2.45, 2.75) is 46.0 Å². The van der Waals surface area contributed by atoms with E-state index in [1.165, 1.54) is 45.2 Å². The Kier molecular flexibility index (Phi) is 3.48. The first-order chi connectivity index (χ1) is 6.79. The Hall–Kier alpha value is -0.0400. The van der Waals surface area contributed by atoms with Gasteiger partial charge in [-0.25, -0.2) is 0 Å². The van der Waals surface area contributed by atoms with E-state index in [0.717, 1.165) is 23.7 Å². The van der Waals surface area contributed by atoms with E-state index in [1.54, 1.807) is 0 Å². The Bertz CT molecular complexity index is 178. The Labute approximate surface area is 88.7 Å². The molecule has 1 saturated heterocycles. The lowest BCUT2D eigenvalue weighted by atomic mass is 9.73. The highest BCUT2D eigenvalue weighted by atomic mass is 14.9. The molecule has 1 heterocycles. The first-order valence-corrected chi connectivity index (χ1v) is 6.50. The minimum absolute atomic E-state index is 0.950. The van der Waals surface area contributed by atoms with Crippen molar-refractivity contribution in [2.24, 2.45) is 23.7 Å². The number of hydrogen-bond acceptors (Lipinski definition) is 1. The summed E-state index contributed by atoms with van der Waals surface area (Å²) in [6.45, 7) is 7.36. The van der Waals surface area contributed by atoms with Crippen LogP contribution in [0.25, 0.3) is 0 Å². The van der Waals surface area contributed by atoms with Gasteiger partial charge in [0.15, 0.2) is 0 Å². The van der Waals surface area contributed by atoms with Gasteiger partial charge in [0.2, 0.25) is 0 Å². The van der Waals surface area contributed by atoms with Crippen LogP contribution < -0.4 is 5.32 Å². The predicted octanol–water partition coefficient (Wildman–Crippen LogP) is 3.06. The van der Waals surface area contributed by atoms with Gasteiger partial charge in [-0.2, -0.15) is 0 Å². The summed E-state index contributed by atoms with van der Waals surface area (Å²) >= 11 is 0. The van der Waals surface area contributed by atoms with Crippen molar-refractivity contribution in [3.8, 4) is 0 Å². The van der Waals surface area contributed by atoms with Gasteiger partial charge in [-0.15, -0.1) is 0 Å². The Balaban J connectivity index is 1.79. The van der Waals surface area contributed by atoms with Crippen molar-refractivity contribution in [2.75, 3.05) is 13.1 Å². The average Bonchev–Trinajstić information content (AvgIpc) is 2.64. The maximum Gasteiger partial charge on any atom is -0.00172 e. The molecule has 1 saturated carbocycles. The Morgan fingerprint density at radius 1 is 1.21 bits per heavy atom. The van der Waals surface area contributed by atoms with Gasteiger partial charge in [0.1, 0.15) is 0 Å². The van der Waals surface area contributed by atoms with Gasteiger partial charge in [-0.05, 0) is 56.0 Å². The van der Waals surface area contributed by atoms with Gasteiger partial charge in [-0.1, -0.05) is 26.7 Å². The van der Waals surface area contributed by atoms with Crippen LogP contribution in [-0.4, -0.2) is 13.1 Å². The number of nitrogens with one attached hydrogen (secondary N) is 1. The fourth-order valence-electron chi connectivity index (χ4n) is 3.35. The van der Waals surface area contributed by atoms with Gasteiger partial charge in [0.25, 0.3) is 0 Å². The summed E-state index contributed by atoms with van der Waals surface area (Å²) in [5.41, 5.74) is 0. The maximum absolute atomic E-state index is 3.55. The van der Waals surface area contributed by atoms with E-state index < -0.39 is 0 Å². The van der Waals surface area contributed by atoms with Gasteiger partial charge >= 0.3 is 0 Å². The molecule has 2 rings (SSSR count). The van der Waals surface area contributed by atoms with Gasteiger partial charge in [0.05, 0.1) is 0 Å². The zero-order valence-corrected chi connectivity index (χ0v) is 9.76. The lowest BCUT2D eigenvalue weighted by molar-refractivity contribution is 0.197. The van der Waals surface area contributed by atoms with E-state index in [0.29, 0.717) is 0 Å². The fraction of sp³-hybridized carbons (Fsp3) is 1.00. The van der Waals surface area contributed by atoms with Gasteiger partial charge < -0.3 is 5.32 Å². The molecule has 0 aromatic heterocycles. The SMILES string of the molecule is CCC(C)CC1CCC2CNCC2C1. The molecule has 1 heteroatoms. The molecule has 0 spiro atoms. The van der Waals surface area contributed by atoms with E-state index in [4.69, 9.17) is 0 Å². The minimum Gasteiger partial charge on any atom is -0.316 e. The molecule has 2 fully saturated rings. The number of fused-ring (bicyclic) bond motifs is 1. The van der Waals surface area contributed by atoms with E-state index in [-0.39, 0.29) is 0 Å². The number of rotatable bonds is 3. The first kappa shape index (κ1) is 10.5. The minimum atomic E-state index is 0.950. The van der Waals surface area contributed by atoms with Crippen LogP contribution >= 0.6 is 0 Å². The van der Waals surface area contributed by atoms with Crippen LogP contribution in [0.2, 0.25) is 0 Å². The van der Waals surface area contributed by atoms with Crippen molar-refractivity contribution in [1.29, 1.82) is 0 Å². The molecule has 2 aliphatic rings. The van der Waals surface area contributed by atoms with E-state index in [2.05, 4.69) is 19.2 Å². The summed E-state index contributed by atoms with van der Waals surface area (Å²) in [6.07, 6.45) is 7.37. The second kappa shape index (κ2) is 4.65. The third-order valence-corrected chi connectivity index (χ3v) is 4.49. The third kappa shape index (κ3) is 2.31. The molecule has 0 bridgehead atoms. The average molecular weight is 195 g/mol. The first-order valence-electron chi connectivity index (χ1n) is 6.50. The van der Waals surface area contributed by atoms with Crippen molar-refractivity contribution < 1.29 is 0 Å². The molecular weight excluding hydrogens is 170 g/mol. The molecule has 1 N–H and O–H groups in total. The fourth-order valence-corrected chi connectivity index (χ4v) is 3.35. The molecule has 4 unspecified atom stereocenters. The van der Waals surface area contributed by atoms with Gasteiger partial charge in [0, 0.05) is 0 Å². The molecule has 0 aromatic carbocycles. The second-order valence-corrected chi connectivity index (χ2v) is 5.61. The summed E-state index contributed by atoms with van der Waals surface area (Å²) in [5, 5.41) is 3.55. The van der Waals surface area contributed by atoms with Crippen molar-refractivity contribution in [3.63, 3.8) is 0 Å². The topological polar surface area (TPSA) is 12.0 Å². The molecule has 14 heavy (non-hydrogen) atoms. The van der Waals surface area contributed by atoms with E-state index in [1.807, 2.05) is 0 Å². The quantitative estimate of drug-likeness (QED) is 0.730. The summed E-state index contributed by atoms with van der Waals surface area (Å²) in [7, 11) is 0. The van der Waals surface area contributed by atoms with E-state index in [9.17, 15) is 0 Å². The summed E-state index contributed by atoms with van der Waals surface area (Å²) in [5.74, 6) is 4.05. The summed E-state index contributed by atoms with van der Waals surface area (Å²) < 4.78 is 0. The predicted molar refractivity (Wildman–Crippen MR) is 61.3 cm³/mol. The van der Waals surface area contributed by atoms with Crippen LogP contribution in [-0.2, 0) is 0 Å². The highest BCUT2D eigenvalue weighted by Crippen LogP contribution is 2.38. The lowest BCUT2D eigenvalue weighted by Crippen LogP contribution is -2.24.